The molecule has 1 aromatic carbocycles. The Balaban J connectivity index is 1.49. The Hall–Kier alpha value is -1.92. The van der Waals surface area contributed by atoms with Gasteiger partial charge in [-0.1, -0.05) is 37.3 Å². The van der Waals surface area contributed by atoms with Gasteiger partial charge in [-0.05, 0) is 50.0 Å². The van der Waals surface area contributed by atoms with Gasteiger partial charge in [-0.2, -0.15) is 0 Å². The average Bonchev–Trinajstić information content (AvgIpc) is 3.38. The third-order valence-corrected chi connectivity index (χ3v) is 6.61. The van der Waals surface area contributed by atoms with E-state index in [1.165, 1.54) is 0 Å². The Labute approximate surface area is 172 Å². The van der Waals surface area contributed by atoms with Crippen molar-refractivity contribution in [3.63, 3.8) is 0 Å². The number of hydrogen-bond acceptors (Lipinski definition) is 4. The first-order valence-electron chi connectivity index (χ1n) is 11.0. The second-order valence-electron chi connectivity index (χ2n) is 8.76. The van der Waals surface area contributed by atoms with Gasteiger partial charge in [0.15, 0.2) is 0 Å². The van der Waals surface area contributed by atoms with Crippen molar-refractivity contribution in [2.24, 2.45) is 5.92 Å². The maximum Gasteiger partial charge on any atom is 0.245 e. The highest BCUT2D eigenvalue weighted by molar-refractivity contribution is 5.89. The standard InChI is InChI=1S/C23H32N2O4/c1-17-9-11-23(12-10-17)25(21(26)14-18-6-3-2-4-7-18)20(16-29-23)22(27)24-15-19-8-5-13-28-19/h2-4,6-7,17,19-20H,5,8-16H2,1H3,(H,24,27)/t17?,19-,20-,23?/m0/s1. The molecule has 2 atom stereocenters. The maximum atomic E-state index is 13.4. The minimum absolute atomic E-state index is 0.0273. The second-order valence-corrected chi connectivity index (χ2v) is 8.76. The first-order valence-corrected chi connectivity index (χ1v) is 11.0. The molecule has 2 aliphatic heterocycles. The van der Waals surface area contributed by atoms with E-state index in [1.54, 1.807) is 4.90 Å². The van der Waals surface area contributed by atoms with E-state index in [0.29, 0.717) is 12.5 Å². The highest BCUT2D eigenvalue weighted by Gasteiger charge is 2.53. The van der Waals surface area contributed by atoms with Gasteiger partial charge in [0.25, 0.3) is 0 Å². The van der Waals surface area contributed by atoms with E-state index < -0.39 is 11.8 Å². The Morgan fingerprint density at radius 1 is 1.17 bits per heavy atom. The molecule has 2 saturated heterocycles. The number of carbonyl (C=O) groups is 2. The fourth-order valence-corrected chi connectivity index (χ4v) is 4.85. The summed E-state index contributed by atoms with van der Waals surface area (Å²) < 4.78 is 11.8. The third-order valence-electron chi connectivity index (χ3n) is 6.61. The van der Waals surface area contributed by atoms with Crippen molar-refractivity contribution in [1.29, 1.82) is 0 Å². The number of nitrogens with zero attached hydrogens (tertiary/aromatic N) is 1. The molecule has 3 aliphatic rings. The zero-order valence-corrected chi connectivity index (χ0v) is 17.3. The molecule has 1 aliphatic carbocycles. The Bertz CT molecular complexity index is 709. The molecular formula is C23H32N2O4. The van der Waals surface area contributed by atoms with Crippen LogP contribution in [0.1, 0.15) is 51.0 Å². The lowest BCUT2D eigenvalue weighted by Gasteiger charge is -2.43. The van der Waals surface area contributed by atoms with Crippen LogP contribution in [0.3, 0.4) is 0 Å². The van der Waals surface area contributed by atoms with Crippen LogP contribution in [0.4, 0.5) is 0 Å². The van der Waals surface area contributed by atoms with Gasteiger partial charge in [-0.25, -0.2) is 0 Å². The summed E-state index contributed by atoms with van der Waals surface area (Å²) in [4.78, 5) is 28.2. The molecule has 29 heavy (non-hydrogen) atoms. The van der Waals surface area contributed by atoms with Gasteiger partial charge in [0.05, 0.1) is 19.1 Å². The zero-order valence-electron chi connectivity index (χ0n) is 17.3. The lowest BCUT2D eigenvalue weighted by Crippen LogP contribution is -2.57. The summed E-state index contributed by atoms with van der Waals surface area (Å²) in [5, 5.41) is 3.01. The monoisotopic (exact) mass is 400 g/mol. The summed E-state index contributed by atoms with van der Waals surface area (Å²) in [5.74, 6) is 0.473. The van der Waals surface area contributed by atoms with E-state index in [-0.39, 0.29) is 30.9 Å². The quantitative estimate of drug-likeness (QED) is 0.825. The smallest absolute Gasteiger partial charge is 0.245 e. The van der Waals surface area contributed by atoms with E-state index in [2.05, 4.69) is 12.2 Å². The molecule has 1 spiro atoms. The van der Waals surface area contributed by atoms with Crippen molar-refractivity contribution in [2.75, 3.05) is 19.8 Å². The number of carbonyl (C=O) groups excluding carboxylic acids is 2. The van der Waals surface area contributed by atoms with Crippen molar-refractivity contribution in [3.05, 3.63) is 35.9 Å². The third kappa shape index (κ3) is 4.48. The first-order chi connectivity index (χ1) is 14.1. The van der Waals surface area contributed by atoms with Gasteiger partial charge < -0.3 is 14.8 Å². The molecule has 158 valence electrons. The van der Waals surface area contributed by atoms with E-state index in [0.717, 1.165) is 50.7 Å². The Morgan fingerprint density at radius 2 is 1.93 bits per heavy atom. The van der Waals surface area contributed by atoms with Gasteiger partial charge >= 0.3 is 0 Å². The van der Waals surface area contributed by atoms with Crippen LogP contribution in [0, 0.1) is 5.92 Å². The van der Waals surface area contributed by atoms with Crippen LogP contribution < -0.4 is 5.32 Å². The zero-order chi connectivity index (χ0) is 20.3. The van der Waals surface area contributed by atoms with Gasteiger partial charge in [0, 0.05) is 13.2 Å². The van der Waals surface area contributed by atoms with Crippen LogP contribution in [0.5, 0.6) is 0 Å². The second kappa shape index (κ2) is 8.84. The number of benzene rings is 1. The molecule has 4 rings (SSSR count). The molecule has 0 aromatic heterocycles. The lowest BCUT2D eigenvalue weighted by atomic mass is 9.83. The topological polar surface area (TPSA) is 67.9 Å². The van der Waals surface area contributed by atoms with Gasteiger partial charge in [-0.15, -0.1) is 0 Å². The molecule has 1 aromatic rings. The fraction of sp³-hybridized carbons (Fsp3) is 0.652. The lowest BCUT2D eigenvalue weighted by molar-refractivity contribution is -0.160. The van der Waals surface area contributed by atoms with Crippen molar-refractivity contribution in [1.82, 2.24) is 10.2 Å². The number of rotatable bonds is 5. The molecule has 2 amide bonds. The minimum atomic E-state index is -0.635. The maximum absolute atomic E-state index is 13.4. The molecule has 0 radical (unpaired) electrons. The van der Waals surface area contributed by atoms with Gasteiger partial charge in [-0.3, -0.25) is 14.5 Å². The van der Waals surface area contributed by atoms with Gasteiger partial charge in [0.2, 0.25) is 11.8 Å². The number of amides is 2. The van der Waals surface area contributed by atoms with Crippen molar-refractivity contribution in [2.45, 2.75) is 69.7 Å². The molecule has 3 fully saturated rings. The summed E-state index contributed by atoms with van der Waals surface area (Å²) in [6.45, 7) is 3.77. The predicted molar refractivity (Wildman–Crippen MR) is 109 cm³/mol. The first kappa shape index (κ1) is 20.4. The van der Waals surface area contributed by atoms with Crippen molar-refractivity contribution < 1.29 is 19.1 Å². The highest BCUT2D eigenvalue weighted by Crippen LogP contribution is 2.42. The summed E-state index contributed by atoms with van der Waals surface area (Å²) in [6, 6.07) is 9.16. The van der Waals surface area contributed by atoms with Crippen molar-refractivity contribution >= 4 is 11.8 Å². The molecule has 0 unspecified atom stereocenters. The molecule has 1 N–H and O–H groups in total. The predicted octanol–water partition coefficient (Wildman–Crippen LogP) is 2.66. The highest BCUT2D eigenvalue weighted by atomic mass is 16.5. The van der Waals surface area contributed by atoms with Crippen LogP contribution >= 0.6 is 0 Å². The summed E-state index contributed by atoms with van der Waals surface area (Å²) in [7, 11) is 0. The van der Waals surface area contributed by atoms with Gasteiger partial charge in [0.1, 0.15) is 11.8 Å². The largest absolute Gasteiger partial charge is 0.376 e. The van der Waals surface area contributed by atoms with E-state index in [4.69, 9.17) is 9.47 Å². The molecule has 6 nitrogen and oxygen atoms in total. The fourth-order valence-electron chi connectivity index (χ4n) is 4.85. The number of hydrogen-bond donors (Lipinski definition) is 1. The Kier molecular flexibility index (Phi) is 6.20. The molecule has 0 bridgehead atoms. The van der Waals surface area contributed by atoms with E-state index >= 15 is 0 Å². The van der Waals surface area contributed by atoms with Crippen LogP contribution in [-0.2, 0) is 25.5 Å². The van der Waals surface area contributed by atoms with Crippen LogP contribution in [0.15, 0.2) is 30.3 Å². The normalized spacial score (nSPS) is 31.9. The molecule has 1 saturated carbocycles. The van der Waals surface area contributed by atoms with Crippen LogP contribution in [0.2, 0.25) is 0 Å². The average molecular weight is 401 g/mol. The number of nitrogens with one attached hydrogen (secondary N) is 1. The van der Waals surface area contributed by atoms with Crippen LogP contribution in [0.25, 0.3) is 0 Å². The summed E-state index contributed by atoms with van der Waals surface area (Å²) in [5.41, 5.74) is 0.326. The molecule has 2 heterocycles. The van der Waals surface area contributed by atoms with Crippen LogP contribution in [-0.4, -0.2) is 54.3 Å². The SMILES string of the molecule is CC1CCC2(CC1)OC[C@@H](C(=O)NC[C@@H]1CCCO1)N2C(=O)Cc1ccccc1. The minimum Gasteiger partial charge on any atom is -0.376 e. The van der Waals surface area contributed by atoms with E-state index in [1.807, 2.05) is 30.3 Å². The van der Waals surface area contributed by atoms with E-state index in [9.17, 15) is 9.59 Å². The summed E-state index contributed by atoms with van der Waals surface area (Å²) in [6.07, 6.45) is 6.00. The summed E-state index contributed by atoms with van der Waals surface area (Å²) >= 11 is 0. The molecular weight excluding hydrogens is 368 g/mol. The Morgan fingerprint density at radius 3 is 2.62 bits per heavy atom. The molecule has 6 heteroatoms. The number of ether oxygens (including phenoxy) is 2. The van der Waals surface area contributed by atoms with Crippen molar-refractivity contribution in [3.8, 4) is 0 Å².